The van der Waals surface area contributed by atoms with Crippen LogP contribution in [-0.4, -0.2) is 35.2 Å². The number of rotatable bonds is 5. The van der Waals surface area contributed by atoms with Crippen LogP contribution in [0.5, 0.6) is 11.5 Å². The highest BCUT2D eigenvalue weighted by atomic mass is 16.5. The fourth-order valence-corrected chi connectivity index (χ4v) is 2.43. The Morgan fingerprint density at radius 3 is 2.70 bits per heavy atom. The van der Waals surface area contributed by atoms with Crippen molar-refractivity contribution in [3.05, 3.63) is 53.9 Å². The van der Waals surface area contributed by atoms with Crippen molar-refractivity contribution in [3.8, 4) is 11.5 Å². The predicted molar refractivity (Wildman–Crippen MR) is 88.2 cm³/mol. The van der Waals surface area contributed by atoms with Crippen LogP contribution in [0.1, 0.15) is 11.4 Å². The van der Waals surface area contributed by atoms with E-state index in [1.165, 1.54) is 0 Å². The number of imidazole rings is 1. The Morgan fingerprint density at radius 2 is 1.96 bits per heavy atom. The second kappa shape index (κ2) is 6.50. The van der Waals surface area contributed by atoms with Crippen LogP contribution in [0.15, 0.2) is 47.6 Å². The Hall–Kier alpha value is -2.86. The molecule has 0 amide bonds. The van der Waals surface area contributed by atoms with Gasteiger partial charge in [-0.15, -0.1) is 0 Å². The zero-order valence-electron chi connectivity index (χ0n) is 12.9. The minimum atomic E-state index is -0.193. The number of fused-ring (bicyclic) bond motifs is 1. The molecule has 1 aromatic heterocycles. The van der Waals surface area contributed by atoms with E-state index in [0.717, 1.165) is 16.6 Å². The molecule has 23 heavy (non-hydrogen) atoms. The molecule has 118 valence electrons. The highest BCUT2D eigenvalue weighted by Gasteiger charge is 2.10. The van der Waals surface area contributed by atoms with Crippen molar-refractivity contribution in [3.63, 3.8) is 0 Å². The number of aliphatic hydroxyl groups is 1. The molecule has 0 saturated heterocycles. The molecular formula is C17H17N3O3. The average Bonchev–Trinajstić information content (AvgIpc) is 2.97. The van der Waals surface area contributed by atoms with Crippen LogP contribution in [0.2, 0.25) is 0 Å². The summed E-state index contributed by atoms with van der Waals surface area (Å²) in [6.07, 6.45) is 1.66. The van der Waals surface area contributed by atoms with E-state index < -0.39 is 0 Å². The number of aliphatic hydroxyl groups excluding tert-OH is 1. The van der Waals surface area contributed by atoms with Crippen molar-refractivity contribution in [2.75, 3.05) is 14.2 Å². The van der Waals surface area contributed by atoms with Gasteiger partial charge in [0.05, 0.1) is 31.5 Å². The maximum Gasteiger partial charge on any atom is 0.169 e. The monoisotopic (exact) mass is 311 g/mol. The van der Waals surface area contributed by atoms with Crippen LogP contribution in [0.3, 0.4) is 0 Å². The van der Waals surface area contributed by atoms with Crippen LogP contribution >= 0.6 is 0 Å². The van der Waals surface area contributed by atoms with Gasteiger partial charge in [-0.1, -0.05) is 18.2 Å². The van der Waals surface area contributed by atoms with Gasteiger partial charge in [0.1, 0.15) is 6.61 Å². The van der Waals surface area contributed by atoms with Crippen LogP contribution in [0.25, 0.3) is 11.0 Å². The van der Waals surface area contributed by atoms with E-state index in [9.17, 15) is 5.11 Å². The third-order valence-corrected chi connectivity index (χ3v) is 3.49. The zero-order valence-corrected chi connectivity index (χ0v) is 12.9. The van der Waals surface area contributed by atoms with Gasteiger partial charge in [-0.2, -0.15) is 5.10 Å². The molecule has 0 aliphatic heterocycles. The largest absolute Gasteiger partial charge is 0.493 e. The third-order valence-electron chi connectivity index (χ3n) is 3.49. The number of para-hydroxylation sites is 3. The molecule has 0 bridgehead atoms. The van der Waals surface area contributed by atoms with Crippen LogP contribution in [0, 0.1) is 0 Å². The molecule has 0 radical (unpaired) electrons. The lowest BCUT2D eigenvalue weighted by molar-refractivity contribution is 0.267. The Kier molecular flexibility index (Phi) is 4.25. The lowest BCUT2D eigenvalue weighted by atomic mass is 10.2. The summed E-state index contributed by atoms with van der Waals surface area (Å²) in [7, 11) is 3.17. The van der Waals surface area contributed by atoms with E-state index in [-0.39, 0.29) is 6.61 Å². The van der Waals surface area contributed by atoms with Gasteiger partial charge in [0, 0.05) is 5.56 Å². The molecule has 0 aliphatic carbocycles. The summed E-state index contributed by atoms with van der Waals surface area (Å²) in [5.41, 5.74) is 2.38. The first-order valence-electron chi connectivity index (χ1n) is 7.11. The van der Waals surface area contributed by atoms with Gasteiger partial charge in [-0.25, -0.2) is 9.66 Å². The van der Waals surface area contributed by atoms with E-state index in [0.29, 0.717) is 17.3 Å². The van der Waals surface area contributed by atoms with Gasteiger partial charge < -0.3 is 14.6 Å². The first-order chi connectivity index (χ1) is 11.3. The second-order valence-corrected chi connectivity index (χ2v) is 4.81. The highest BCUT2D eigenvalue weighted by molar-refractivity contribution is 5.86. The fraction of sp³-hybridized carbons (Fsp3) is 0.176. The van der Waals surface area contributed by atoms with Crippen molar-refractivity contribution in [1.29, 1.82) is 0 Å². The van der Waals surface area contributed by atoms with Gasteiger partial charge in [-0.05, 0) is 24.3 Å². The lowest BCUT2D eigenvalue weighted by Gasteiger charge is -2.09. The molecule has 3 aromatic rings. The van der Waals surface area contributed by atoms with Crippen molar-refractivity contribution in [1.82, 2.24) is 9.66 Å². The molecule has 0 saturated carbocycles. The molecule has 1 heterocycles. The third kappa shape index (κ3) is 2.76. The van der Waals surface area contributed by atoms with Gasteiger partial charge in [0.2, 0.25) is 0 Å². The minimum absolute atomic E-state index is 0.193. The van der Waals surface area contributed by atoms with Crippen molar-refractivity contribution >= 4 is 17.2 Å². The molecule has 0 spiro atoms. The summed E-state index contributed by atoms with van der Waals surface area (Å²) in [6, 6.07) is 13.2. The molecule has 3 rings (SSSR count). The molecular weight excluding hydrogens is 294 g/mol. The summed E-state index contributed by atoms with van der Waals surface area (Å²) >= 11 is 0. The summed E-state index contributed by atoms with van der Waals surface area (Å²) in [4.78, 5) is 4.36. The van der Waals surface area contributed by atoms with Gasteiger partial charge >= 0.3 is 0 Å². The first kappa shape index (κ1) is 15.1. The zero-order chi connectivity index (χ0) is 16.2. The average molecular weight is 311 g/mol. The normalized spacial score (nSPS) is 11.3. The SMILES string of the molecule is COc1cccc(/C=N\n2c(CO)nc3ccccc32)c1OC. The number of ether oxygens (including phenoxy) is 2. The topological polar surface area (TPSA) is 68.9 Å². The second-order valence-electron chi connectivity index (χ2n) is 4.81. The summed E-state index contributed by atoms with van der Waals surface area (Å²) in [6.45, 7) is -0.193. The maximum absolute atomic E-state index is 9.50. The summed E-state index contributed by atoms with van der Waals surface area (Å²) in [5.74, 6) is 1.72. The Balaban J connectivity index is 2.07. The molecule has 0 aliphatic rings. The van der Waals surface area contributed by atoms with Crippen molar-refractivity contribution < 1.29 is 14.6 Å². The predicted octanol–water partition coefficient (Wildman–Crippen LogP) is 2.43. The van der Waals surface area contributed by atoms with E-state index in [1.807, 2.05) is 42.5 Å². The van der Waals surface area contributed by atoms with Crippen LogP contribution < -0.4 is 9.47 Å². The number of hydrogen-bond acceptors (Lipinski definition) is 5. The van der Waals surface area contributed by atoms with Crippen LogP contribution in [-0.2, 0) is 6.61 Å². The molecule has 1 N–H and O–H groups in total. The molecule has 0 fully saturated rings. The smallest absolute Gasteiger partial charge is 0.169 e. The number of nitrogens with zero attached hydrogens (tertiary/aromatic N) is 3. The number of aromatic nitrogens is 2. The summed E-state index contributed by atoms with van der Waals surface area (Å²) < 4.78 is 12.3. The molecule has 0 unspecified atom stereocenters. The number of hydrogen-bond donors (Lipinski definition) is 1. The Bertz CT molecular complexity index is 855. The molecule has 6 heteroatoms. The lowest BCUT2D eigenvalue weighted by Crippen LogP contribution is -2.00. The maximum atomic E-state index is 9.50. The van der Waals surface area contributed by atoms with E-state index >= 15 is 0 Å². The van der Waals surface area contributed by atoms with E-state index in [1.54, 1.807) is 25.1 Å². The Morgan fingerprint density at radius 1 is 1.13 bits per heavy atom. The minimum Gasteiger partial charge on any atom is -0.493 e. The van der Waals surface area contributed by atoms with E-state index in [4.69, 9.17) is 9.47 Å². The van der Waals surface area contributed by atoms with Crippen molar-refractivity contribution in [2.24, 2.45) is 5.10 Å². The molecule has 2 aromatic carbocycles. The van der Waals surface area contributed by atoms with Gasteiger partial charge in [0.25, 0.3) is 0 Å². The number of benzene rings is 2. The first-order valence-corrected chi connectivity index (χ1v) is 7.11. The van der Waals surface area contributed by atoms with Gasteiger partial charge in [0.15, 0.2) is 17.3 Å². The van der Waals surface area contributed by atoms with Crippen LogP contribution in [0.4, 0.5) is 0 Å². The van der Waals surface area contributed by atoms with Gasteiger partial charge in [-0.3, -0.25) is 0 Å². The van der Waals surface area contributed by atoms with Crippen molar-refractivity contribution in [2.45, 2.75) is 6.61 Å². The molecule has 0 atom stereocenters. The standard InChI is InChI=1S/C17H17N3O3/c1-22-15-9-5-6-12(17(15)23-2)10-18-20-14-8-4-3-7-13(14)19-16(20)11-21/h3-10,21H,11H2,1-2H3/b18-10-. The van der Waals surface area contributed by atoms with E-state index in [2.05, 4.69) is 10.1 Å². The number of methoxy groups -OCH3 is 2. The highest BCUT2D eigenvalue weighted by Crippen LogP contribution is 2.29. The quantitative estimate of drug-likeness (QED) is 0.735. The molecule has 6 nitrogen and oxygen atoms in total. The summed E-state index contributed by atoms with van der Waals surface area (Å²) in [5, 5.41) is 14.0. The Labute approximate surface area is 133 Å². The fourth-order valence-electron chi connectivity index (χ4n) is 2.43.